The normalized spacial score (nSPS) is 29.4. The van der Waals surface area contributed by atoms with Crippen molar-refractivity contribution in [3.05, 3.63) is 23.8 Å². The third-order valence-corrected chi connectivity index (χ3v) is 16.6. The molecule has 0 spiro atoms. The van der Waals surface area contributed by atoms with E-state index in [1.165, 1.54) is 141 Å². The Bertz CT molecular complexity index is 1280. The van der Waals surface area contributed by atoms with Crippen molar-refractivity contribution in [2.45, 2.75) is 214 Å². The highest BCUT2D eigenvalue weighted by molar-refractivity contribution is 5.71. The van der Waals surface area contributed by atoms with Crippen molar-refractivity contribution in [1.29, 1.82) is 0 Å². The van der Waals surface area contributed by atoms with Crippen molar-refractivity contribution in [3.8, 4) is 0 Å². The Morgan fingerprint density at radius 3 is 2.27 bits per heavy atom. The van der Waals surface area contributed by atoms with Crippen molar-refractivity contribution in [2.75, 3.05) is 65.9 Å². The van der Waals surface area contributed by atoms with E-state index in [0.717, 1.165) is 94.7 Å². The summed E-state index contributed by atoms with van der Waals surface area (Å²) in [5.41, 5.74) is 2.38. The van der Waals surface area contributed by atoms with Gasteiger partial charge in [-0.3, -0.25) is 4.90 Å². The zero-order valence-corrected chi connectivity index (χ0v) is 41.1. The number of ether oxygens (including phenoxy) is 5. The topological polar surface area (TPSA) is 66.5 Å². The fourth-order valence-electron chi connectivity index (χ4n) is 12.8. The van der Waals surface area contributed by atoms with Crippen LogP contribution in [0.15, 0.2) is 23.8 Å². The van der Waals surface area contributed by atoms with Crippen LogP contribution in [0.4, 0.5) is 0 Å². The SMILES string of the molecule is CCCCCCCC/C=C\CCCCCCCCOCC(CN1CCOCC1)OCCOCC(=O)OC1CCC2(C)C(=CCC3C2CCC2(C)C(CCCCC(C)C)CCC32)C1. The Morgan fingerprint density at radius 1 is 0.806 bits per heavy atom. The molecule has 0 amide bonds. The van der Waals surface area contributed by atoms with Gasteiger partial charge in [0, 0.05) is 32.7 Å². The predicted molar refractivity (Wildman–Crippen MR) is 256 cm³/mol. The molecule has 3 saturated carbocycles. The fraction of sp³-hybridized carbons (Fsp3) is 0.909. The molecule has 5 aliphatic rings. The highest BCUT2D eigenvalue weighted by Crippen LogP contribution is 2.67. The molecule has 358 valence electrons. The van der Waals surface area contributed by atoms with Gasteiger partial charge in [0.25, 0.3) is 0 Å². The van der Waals surface area contributed by atoms with Gasteiger partial charge in [-0.05, 0) is 124 Å². The van der Waals surface area contributed by atoms with Gasteiger partial charge in [-0.25, -0.2) is 4.79 Å². The second-order valence-corrected chi connectivity index (χ2v) is 21.6. The number of hydrogen-bond donors (Lipinski definition) is 0. The van der Waals surface area contributed by atoms with Crippen LogP contribution in [-0.4, -0.2) is 89.0 Å². The maximum Gasteiger partial charge on any atom is 0.332 e. The number of carbonyl (C=O) groups excluding carboxylic acids is 1. The van der Waals surface area contributed by atoms with Crippen LogP contribution in [-0.2, 0) is 28.5 Å². The van der Waals surface area contributed by atoms with E-state index in [2.05, 4.69) is 57.7 Å². The van der Waals surface area contributed by atoms with Gasteiger partial charge in [-0.15, -0.1) is 0 Å². The van der Waals surface area contributed by atoms with Crippen LogP contribution in [0.25, 0.3) is 0 Å². The number of morpholine rings is 1. The molecule has 1 heterocycles. The first-order valence-corrected chi connectivity index (χ1v) is 26.8. The van der Waals surface area contributed by atoms with E-state index in [1.807, 2.05) is 0 Å². The maximum absolute atomic E-state index is 13.0. The number of allylic oxidation sites excluding steroid dienone is 3. The lowest BCUT2D eigenvalue weighted by Crippen LogP contribution is -2.50. The molecule has 0 aromatic heterocycles. The first kappa shape index (κ1) is 51.7. The molecule has 1 saturated heterocycles. The summed E-state index contributed by atoms with van der Waals surface area (Å²) < 4.78 is 29.9. The first-order chi connectivity index (χ1) is 30.2. The quantitative estimate of drug-likeness (QED) is 0.0379. The summed E-state index contributed by atoms with van der Waals surface area (Å²) in [5, 5.41) is 0. The summed E-state index contributed by atoms with van der Waals surface area (Å²) in [6.45, 7) is 18.6. The molecule has 62 heavy (non-hydrogen) atoms. The van der Waals surface area contributed by atoms with Crippen molar-refractivity contribution in [3.63, 3.8) is 0 Å². The summed E-state index contributed by atoms with van der Waals surface area (Å²) in [5.74, 6) is 4.02. The van der Waals surface area contributed by atoms with Gasteiger partial charge in [-0.1, -0.05) is 135 Å². The minimum absolute atomic E-state index is 0.0135. The van der Waals surface area contributed by atoms with Gasteiger partial charge in [-0.2, -0.15) is 0 Å². The smallest absolute Gasteiger partial charge is 0.332 e. The number of esters is 1. The summed E-state index contributed by atoms with van der Waals surface area (Å²) in [6, 6.07) is 0. The fourth-order valence-corrected chi connectivity index (χ4v) is 12.8. The van der Waals surface area contributed by atoms with Crippen molar-refractivity contribution >= 4 is 5.97 Å². The lowest BCUT2D eigenvalue weighted by atomic mass is 9.47. The highest BCUT2D eigenvalue weighted by Gasteiger charge is 2.58. The standard InChI is InChI=1S/C55H97NO6/c1-6-7-8-9-10-11-12-13-14-15-16-17-18-19-20-23-36-59-43-49(42-56-34-37-58-38-35-56)61-40-39-60-44-53(57)62-48-30-32-55(5)47(41-48)26-28-50-51-29-27-46(25-22-21-24-45(2)3)54(51,4)33-31-52(50)55/h13-14,26,45-46,48-52H,6-12,15-25,27-44H2,1-5H3/b14-13-. The first-order valence-electron chi connectivity index (χ1n) is 26.8. The monoisotopic (exact) mass is 868 g/mol. The molecule has 4 fully saturated rings. The average Bonchev–Trinajstić information content (AvgIpc) is 3.60. The Balaban J connectivity index is 0.919. The molecule has 0 aromatic carbocycles. The molecule has 8 atom stereocenters. The molecule has 5 rings (SSSR count). The molecule has 1 aliphatic heterocycles. The number of rotatable bonds is 32. The van der Waals surface area contributed by atoms with E-state index in [4.69, 9.17) is 23.7 Å². The second kappa shape index (κ2) is 28.7. The Labute approximate surface area is 382 Å². The summed E-state index contributed by atoms with van der Waals surface area (Å²) in [6.07, 6.45) is 41.3. The van der Waals surface area contributed by atoms with Crippen LogP contribution in [0, 0.1) is 40.4 Å². The van der Waals surface area contributed by atoms with Gasteiger partial charge >= 0.3 is 5.97 Å². The van der Waals surface area contributed by atoms with Crippen LogP contribution < -0.4 is 0 Å². The Morgan fingerprint density at radius 2 is 1.53 bits per heavy atom. The van der Waals surface area contributed by atoms with Crippen LogP contribution in [0.1, 0.15) is 202 Å². The van der Waals surface area contributed by atoms with Crippen LogP contribution in [0.3, 0.4) is 0 Å². The zero-order chi connectivity index (χ0) is 43.9. The van der Waals surface area contributed by atoms with Crippen LogP contribution in [0.2, 0.25) is 0 Å². The van der Waals surface area contributed by atoms with Crippen molar-refractivity contribution in [1.82, 2.24) is 4.90 Å². The molecule has 0 radical (unpaired) electrons. The van der Waals surface area contributed by atoms with E-state index in [1.54, 1.807) is 5.57 Å². The van der Waals surface area contributed by atoms with Crippen molar-refractivity contribution < 1.29 is 28.5 Å². The third kappa shape index (κ3) is 16.9. The van der Waals surface area contributed by atoms with Gasteiger partial charge < -0.3 is 23.7 Å². The van der Waals surface area contributed by atoms with Crippen molar-refractivity contribution in [2.24, 2.45) is 40.4 Å². The lowest BCUT2D eigenvalue weighted by Gasteiger charge is -2.58. The van der Waals surface area contributed by atoms with Crippen LogP contribution >= 0.6 is 0 Å². The molecule has 7 nitrogen and oxygen atoms in total. The van der Waals surface area contributed by atoms with Gasteiger partial charge in [0.1, 0.15) is 12.7 Å². The summed E-state index contributed by atoms with van der Waals surface area (Å²) in [4.78, 5) is 15.4. The largest absolute Gasteiger partial charge is 0.460 e. The Hall–Kier alpha value is -1.25. The molecule has 0 N–H and O–H groups in total. The summed E-state index contributed by atoms with van der Waals surface area (Å²) >= 11 is 0. The average molecular weight is 868 g/mol. The lowest BCUT2D eigenvalue weighted by molar-refractivity contribution is -0.157. The highest BCUT2D eigenvalue weighted by atomic mass is 16.6. The molecular formula is C55H97NO6. The van der Waals surface area contributed by atoms with E-state index in [0.29, 0.717) is 25.2 Å². The number of carbonyl (C=O) groups is 1. The molecule has 4 aliphatic carbocycles. The van der Waals surface area contributed by atoms with Crippen LogP contribution in [0.5, 0.6) is 0 Å². The second-order valence-electron chi connectivity index (χ2n) is 21.6. The van der Waals surface area contributed by atoms with Gasteiger partial charge in [0.2, 0.25) is 0 Å². The third-order valence-electron chi connectivity index (χ3n) is 16.6. The minimum atomic E-state index is -0.240. The molecule has 0 aromatic rings. The zero-order valence-electron chi connectivity index (χ0n) is 41.1. The summed E-state index contributed by atoms with van der Waals surface area (Å²) in [7, 11) is 0. The maximum atomic E-state index is 13.0. The molecule has 7 heteroatoms. The van der Waals surface area contributed by atoms with Gasteiger partial charge in [0.15, 0.2) is 0 Å². The Kier molecular flexibility index (Phi) is 24.0. The number of fused-ring (bicyclic) bond motifs is 5. The van der Waals surface area contributed by atoms with E-state index in [-0.39, 0.29) is 30.2 Å². The minimum Gasteiger partial charge on any atom is -0.460 e. The predicted octanol–water partition coefficient (Wildman–Crippen LogP) is 13.5. The molecule has 8 unspecified atom stereocenters. The van der Waals surface area contributed by atoms with E-state index < -0.39 is 0 Å². The number of nitrogens with zero attached hydrogens (tertiary/aromatic N) is 1. The van der Waals surface area contributed by atoms with E-state index >= 15 is 0 Å². The number of unbranched alkanes of at least 4 members (excludes halogenated alkanes) is 13. The van der Waals surface area contributed by atoms with Gasteiger partial charge in [0.05, 0.1) is 39.1 Å². The molecule has 0 bridgehead atoms. The molecular weight excluding hydrogens is 771 g/mol. The number of hydrogen-bond acceptors (Lipinski definition) is 7. The van der Waals surface area contributed by atoms with E-state index in [9.17, 15) is 4.79 Å².